The molecule has 0 aliphatic rings. The van der Waals surface area contributed by atoms with Crippen LogP contribution < -0.4 is 5.32 Å². The zero-order chi connectivity index (χ0) is 15.2. The minimum absolute atomic E-state index is 0.197. The molecule has 1 nitrogen and oxygen atoms in total. The van der Waals surface area contributed by atoms with Crippen molar-refractivity contribution in [3.8, 4) is 0 Å². The zero-order valence-corrected chi connectivity index (χ0v) is 16.1. The van der Waals surface area contributed by atoms with Crippen LogP contribution >= 0.6 is 27.3 Å². The second kappa shape index (κ2) is 7.95. The van der Waals surface area contributed by atoms with Gasteiger partial charge in [0.1, 0.15) is 0 Å². The summed E-state index contributed by atoms with van der Waals surface area (Å²) in [6.07, 6.45) is 6.37. The summed E-state index contributed by atoms with van der Waals surface area (Å²) < 4.78 is 1.22. The highest BCUT2D eigenvalue weighted by molar-refractivity contribution is 9.10. The van der Waals surface area contributed by atoms with Crippen molar-refractivity contribution in [3.05, 3.63) is 20.8 Å². The molecule has 0 radical (unpaired) electrons. The van der Waals surface area contributed by atoms with Crippen molar-refractivity contribution in [1.29, 1.82) is 0 Å². The van der Waals surface area contributed by atoms with Gasteiger partial charge in [-0.3, -0.25) is 0 Å². The Bertz CT molecular complexity index is 394. The topological polar surface area (TPSA) is 12.0 Å². The summed E-state index contributed by atoms with van der Waals surface area (Å²) in [6, 6.07) is 2.29. The molecule has 1 aromatic heterocycles. The van der Waals surface area contributed by atoms with Crippen LogP contribution in [0.3, 0.4) is 0 Å². The van der Waals surface area contributed by atoms with E-state index in [0.717, 1.165) is 6.54 Å². The number of rotatable bonds is 8. The van der Waals surface area contributed by atoms with Gasteiger partial charge in [0, 0.05) is 26.8 Å². The first kappa shape index (κ1) is 18.2. The maximum Gasteiger partial charge on any atom is 0.0285 e. The fraction of sp³-hybridized carbons (Fsp3) is 0.765. The average Bonchev–Trinajstić information content (AvgIpc) is 2.77. The lowest BCUT2D eigenvalue weighted by Crippen LogP contribution is -2.44. The molecule has 0 aliphatic carbocycles. The van der Waals surface area contributed by atoms with Crippen molar-refractivity contribution < 1.29 is 0 Å². The van der Waals surface area contributed by atoms with Crippen LogP contribution in [-0.2, 0) is 6.42 Å². The highest BCUT2D eigenvalue weighted by Gasteiger charge is 2.29. The molecular weight excluding hydrogens is 330 g/mol. The van der Waals surface area contributed by atoms with Crippen molar-refractivity contribution in [3.63, 3.8) is 0 Å². The van der Waals surface area contributed by atoms with Crippen LogP contribution in [0.4, 0.5) is 0 Å². The Morgan fingerprint density at radius 2 is 1.95 bits per heavy atom. The molecule has 1 heterocycles. The van der Waals surface area contributed by atoms with Gasteiger partial charge >= 0.3 is 0 Å². The van der Waals surface area contributed by atoms with E-state index in [2.05, 4.69) is 67.3 Å². The van der Waals surface area contributed by atoms with Crippen molar-refractivity contribution >= 4 is 27.3 Å². The maximum absolute atomic E-state index is 3.74. The minimum Gasteiger partial charge on any atom is -0.312 e. The molecule has 0 saturated heterocycles. The SMILES string of the molecule is CCCCC(CC)(CNC(C)(C)C)Cc1cc(Br)cs1. The van der Waals surface area contributed by atoms with Crippen LogP contribution in [0.25, 0.3) is 0 Å². The van der Waals surface area contributed by atoms with Crippen LogP contribution in [0, 0.1) is 5.41 Å². The summed E-state index contributed by atoms with van der Waals surface area (Å²) in [5.41, 5.74) is 0.594. The van der Waals surface area contributed by atoms with Gasteiger partial charge in [-0.25, -0.2) is 0 Å². The average molecular weight is 360 g/mol. The Hall–Kier alpha value is 0.140. The van der Waals surface area contributed by atoms with Crippen LogP contribution in [0.5, 0.6) is 0 Å². The summed E-state index contributed by atoms with van der Waals surface area (Å²) in [7, 11) is 0. The molecule has 0 saturated carbocycles. The summed E-state index contributed by atoms with van der Waals surface area (Å²) in [5, 5.41) is 5.94. The molecule has 0 amide bonds. The number of nitrogens with one attached hydrogen (secondary N) is 1. The summed E-state index contributed by atoms with van der Waals surface area (Å²) in [4.78, 5) is 1.51. The lowest BCUT2D eigenvalue weighted by molar-refractivity contribution is 0.207. The quantitative estimate of drug-likeness (QED) is 0.597. The third-order valence-electron chi connectivity index (χ3n) is 3.98. The van der Waals surface area contributed by atoms with Crippen molar-refractivity contribution in [2.24, 2.45) is 5.41 Å². The Morgan fingerprint density at radius 3 is 2.40 bits per heavy atom. The number of hydrogen-bond acceptors (Lipinski definition) is 2. The molecule has 1 atom stereocenters. The molecule has 1 unspecified atom stereocenters. The van der Waals surface area contributed by atoms with E-state index in [1.165, 1.54) is 41.5 Å². The van der Waals surface area contributed by atoms with E-state index < -0.39 is 0 Å². The number of thiophene rings is 1. The largest absolute Gasteiger partial charge is 0.312 e. The van der Waals surface area contributed by atoms with E-state index in [4.69, 9.17) is 0 Å². The van der Waals surface area contributed by atoms with Crippen LogP contribution in [0.15, 0.2) is 15.9 Å². The first-order valence-electron chi connectivity index (χ1n) is 7.78. The lowest BCUT2D eigenvalue weighted by Gasteiger charge is -2.36. The van der Waals surface area contributed by atoms with Gasteiger partial charge in [-0.15, -0.1) is 11.3 Å². The Kier molecular flexibility index (Phi) is 7.23. The molecule has 3 heteroatoms. The molecule has 0 aromatic carbocycles. The lowest BCUT2D eigenvalue weighted by atomic mass is 9.76. The maximum atomic E-state index is 3.74. The molecule has 0 spiro atoms. The van der Waals surface area contributed by atoms with Gasteiger partial charge in [0.15, 0.2) is 0 Å². The third-order valence-corrected chi connectivity index (χ3v) is 5.67. The Morgan fingerprint density at radius 1 is 1.25 bits per heavy atom. The smallest absolute Gasteiger partial charge is 0.0285 e. The van der Waals surface area contributed by atoms with E-state index in [0.29, 0.717) is 5.41 Å². The molecule has 0 aliphatic heterocycles. The molecule has 0 fully saturated rings. The van der Waals surface area contributed by atoms with Crippen LogP contribution in [-0.4, -0.2) is 12.1 Å². The van der Waals surface area contributed by atoms with Gasteiger partial charge in [0.2, 0.25) is 0 Å². The summed E-state index contributed by atoms with van der Waals surface area (Å²) in [5.74, 6) is 0. The van der Waals surface area contributed by atoms with E-state index in [1.807, 2.05) is 11.3 Å². The van der Waals surface area contributed by atoms with Crippen molar-refractivity contribution in [2.75, 3.05) is 6.54 Å². The second-order valence-electron chi connectivity index (χ2n) is 6.97. The second-order valence-corrected chi connectivity index (χ2v) is 8.88. The molecule has 1 aromatic rings. The fourth-order valence-corrected chi connectivity index (χ4v) is 4.11. The number of halogens is 1. The first-order valence-corrected chi connectivity index (χ1v) is 9.45. The predicted octanol–water partition coefficient (Wildman–Crippen LogP) is 6.03. The van der Waals surface area contributed by atoms with Crippen molar-refractivity contribution in [2.45, 2.75) is 72.3 Å². The van der Waals surface area contributed by atoms with E-state index in [9.17, 15) is 0 Å². The van der Waals surface area contributed by atoms with Gasteiger partial charge < -0.3 is 5.32 Å². The molecule has 116 valence electrons. The number of hydrogen-bond donors (Lipinski definition) is 1. The first-order chi connectivity index (χ1) is 9.30. The molecular formula is C17H30BrNS. The van der Waals surface area contributed by atoms with Gasteiger partial charge in [0.05, 0.1) is 0 Å². The van der Waals surface area contributed by atoms with E-state index in [1.54, 1.807) is 0 Å². The van der Waals surface area contributed by atoms with E-state index in [-0.39, 0.29) is 5.54 Å². The normalized spacial score (nSPS) is 15.3. The molecule has 1 N–H and O–H groups in total. The molecule has 20 heavy (non-hydrogen) atoms. The Balaban J connectivity index is 2.80. The summed E-state index contributed by atoms with van der Waals surface area (Å²) >= 11 is 5.46. The van der Waals surface area contributed by atoms with Crippen LogP contribution in [0.1, 0.15) is 65.2 Å². The predicted molar refractivity (Wildman–Crippen MR) is 95.7 cm³/mol. The highest BCUT2D eigenvalue weighted by Crippen LogP contribution is 2.35. The third kappa shape index (κ3) is 6.28. The standard InChI is InChI=1S/C17H30BrNS/c1-6-8-9-17(7-2,13-19-16(3,4)5)11-15-10-14(18)12-20-15/h10,12,19H,6-9,11,13H2,1-5H3. The fourth-order valence-electron chi connectivity index (χ4n) is 2.49. The monoisotopic (exact) mass is 359 g/mol. The molecule has 0 bridgehead atoms. The van der Waals surface area contributed by atoms with E-state index >= 15 is 0 Å². The Labute approximate surface area is 137 Å². The van der Waals surface area contributed by atoms with Gasteiger partial charge in [-0.05, 0) is 67.4 Å². The van der Waals surface area contributed by atoms with Crippen molar-refractivity contribution in [1.82, 2.24) is 5.32 Å². The van der Waals surface area contributed by atoms with Crippen LogP contribution in [0.2, 0.25) is 0 Å². The zero-order valence-electron chi connectivity index (χ0n) is 13.7. The number of unbranched alkanes of at least 4 members (excludes halogenated alkanes) is 1. The van der Waals surface area contributed by atoms with Gasteiger partial charge in [-0.1, -0.05) is 26.7 Å². The summed E-state index contributed by atoms with van der Waals surface area (Å²) in [6.45, 7) is 12.5. The van der Waals surface area contributed by atoms with Gasteiger partial charge in [0.25, 0.3) is 0 Å². The van der Waals surface area contributed by atoms with Gasteiger partial charge in [-0.2, -0.15) is 0 Å². The minimum atomic E-state index is 0.197. The molecule has 1 rings (SSSR count). The highest BCUT2D eigenvalue weighted by atomic mass is 79.9.